The zero-order chi connectivity index (χ0) is 22.0. The molecule has 0 radical (unpaired) electrons. The summed E-state index contributed by atoms with van der Waals surface area (Å²) in [6.07, 6.45) is 1.84. The monoisotopic (exact) mass is 419 g/mol. The van der Waals surface area contributed by atoms with Crippen LogP contribution < -0.4 is 19.9 Å². The summed E-state index contributed by atoms with van der Waals surface area (Å²) in [5.74, 6) is 1.09. The third kappa shape index (κ3) is 4.17. The van der Waals surface area contributed by atoms with Gasteiger partial charge in [-0.25, -0.2) is 4.68 Å². The molecular weight excluding hydrogens is 394 g/mol. The van der Waals surface area contributed by atoms with Gasteiger partial charge in [-0.05, 0) is 55.7 Å². The van der Waals surface area contributed by atoms with Gasteiger partial charge >= 0.3 is 0 Å². The highest BCUT2D eigenvalue weighted by Gasteiger charge is 2.23. The minimum absolute atomic E-state index is 0.133. The van der Waals surface area contributed by atoms with Crippen molar-refractivity contribution in [2.75, 3.05) is 25.7 Å². The number of carbonyl (C=O) groups excluding carboxylic acids is 1. The average molecular weight is 419 g/mol. The van der Waals surface area contributed by atoms with Crippen LogP contribution in [0.5, 0.6) is 11.5 Å². The predicted molar refractivity (Wildman–Crippen MR) is 119 cm³/mol. The maximum absolute atomic E-state index is 13.1. The third-order valence-electron chi connectivity index (χ3n) is 5.49. The van der Waals surface area contributed by atoms with Gasteiger partial charge in [-0.15, -0.1) is 0 Å². The number of aromatic nitrogens is 2. The SMILES string of the molecule is COc1ccc(OC)c(-c2ccc(=O)n(CC(=O)N3CCCc4cc(C)ccc43)n2)c1. The van der Waals surface area contributed by atoms with Crippen LogP contribution in [0.15, 0.2) is 53.3 Å². The predicted octanol–water partition coefficient (Wildman–Crippen LogP) is 3.22. The molecule has 160 valence electrons. The lowest BCUT2D eigenvalue weighted by molar-refractivity contribution is -0.119. The maximum atomic E-state index is 13.1. The zero-order valence-corrected chi connectivity index (χ0v) is 17.9. The molecule has 0 saturated heterocycles. The summed E-state index contributed by atoms with van der Waals surface area (Å²) in [7, 11) is 3.15. The number of ether oxygens (including phenoxy) is 2. The fourth-order valence-electron chi connectivity index (χ4n) is 3.92. The van der Waals surface area contributed by atoms with Crippen LogP contribution in [-0.2, 0) is 17.8 Å². The molecule has 0 fully saturated rings. The largest absolute Gasteiger partial charge is 0.497 e. The number of rotatable bonds is 5. The van der Waals surface area contributed by atoms with E-state index in [1.54, 1.807) is 43.4 Å². The van der Waals surface area contributed by atoms with Crippen LogP contribution in [0.3, 0.4) is 0 Å². The Morgan fingerprint density at radius 2 is 1.90 bits per heavy atom. The van der Waals surface area contributed by atoms with E-state index in [1.165, 1.54) is 16.3 Å². The zero-order valence-electron chi connectivity index (χ0n) is 17.9. The molecule has 0 atom stereocenters. The number of carbonyl (C=O) groups is 1. The standard InChI is InChI=1S/C24H25N3O4/c1-16-6-9-21-17(13-16)5-4-12-26(21)24(29)15-27-23(28)11-8-20(25-27)19-14-18(30-2)7-10-22(19)31-3/h6-11,13-14H,4-5,12,15H2,1-3H3. The van der Waals surface area contributed by atoms with Crippen LogP contribution in [0.1, 0.15) is 17.5 Å². The molecule has 1 aliphatic heterocycles. The highest BCUT2D eigenvalue weighted by Crippen LogP contribution is 2.32. The number of aryl methyl sites for hydroxylation is 2. The Balaban J connectivity index is 1.65. The summed E-state index contributed by atoms with van der Waals surface area (Å²) >= 11 is 0. The van der Waals surface area contributed by atoms with Gasteiger partial charge in [0.1, 0.15) is 18.0 Å². The molecule has 0 aliphatic carbocycles. The van der Waals surface area contributed by atoms with Crippen molar-refractivity contribution in [2.24, 2.45) is 0 Å². The Morgan fingerprint density at radius 1 is 1.06 bits per heavy atom. The molecule has 2 aromatic carbocycles. The van der Waals surface area contributed by atoms with Crippen LogP contribution in [0, 0.1) is 6.92 Å². The van der Waals surface area contributed by atoms with Gasteiger partial charge in [0.15, 0.2) is 0 Å². The summed E-state index contributed by atoms with van der Waals surface area (Å²) in [6, 6.07) is 14.5. The summed E-state index contributed by atoms with van der Waals surface area (Å²) in [5, 5.41) is 4.45. The molecule has 0 spiro atoms. The number of methoxy groups -OCH3 is 2. The summed E-state index contributed by atoms with van der Waals surface area (Å²) in [6.45, 7) is 2.54. The van der Waals surface area contributed by atoms with E-state index in [9.17, 15) is 9.59 Å². The summed E-state index contributed by atoms with van der Waals surface area (Å²) < 4.78 is 11.9. The van der Waals surface area contributed by atoms with Crippen molar-refractivity contribution in [1.82, 2.24) is 9.78 Å². The minimum Gasteiger partial charge on any atom is -0.497 e. The number of hydrogen-bond acceptors (Lipinski definition) is 5. The molecular formula is C24H25N3O4. The summed E-state index contributed by atoms with van der Waals surface area (Å²) in [4.78, 5) is 27.3. The van der Waals surface area contributed by atoms with Gasteiger partial charge < -0.3 is 14.4 Å². The van der Waals surface area contributed by atoms with E-state index >= 15 is 0 Å². The molecule has 3 aromatic rings. The lowest BCUT2D eigenvalue weighted by Gasteiger charge is -2.30. The number of anilines is 1. The van der Waals surface area contributed by atoms with Crippen molar-refractivity contribution in [3.05, 3.63) is 70.0 Å². The van der Waals surface area contributed by atoms with Gasteiger partial charge in [0.05, 0.1) is 19.9 Å². The van der Waals surface area contributed by atoms with E-state index in [4.69, 9.17) is 9.47 Å². The molecule has 0 N–H and O–H groups in total. The van der Waals surface area contributed by atoms with Crippen molar-refractivity contribution in [1.29, 1.82) is 0 Å². The van der Waals surface area contributed by atoms with Crippen LogP contribution in [0.25, 0.3) is 11.3 Å². The Kier molecular flexibility index (Phi) is 5.75. The number of fused-ring (bicyclic) bond motifs is 1. The van der Waals surface area contributed by atoms with Crippen molar-refractivity contribution >= 4 is 11.6 Å². The van der Waals surface area contributed by atoms with Gasteiger partial charge in [-0.2, -0.15) is 5.10 Å². The Bertz CT molecular complexity index is 1190. The van der Waals surface area contributed by atoms with E-state index in [1.807, 2.05) is 19.1 Å². The molecule has 7 nitrogen and oxygen atoms in total. The van der Waals surface area contributed by atoms with Crippen molar-refractivity contribution in [3.8, 4) is 22.8 Å². The second-order valence-electron chi connectivity index (χ2n) is 7.56. The van der Waals surface area contributed by atoms with Crippen LogP contribution in [-0.4, -0.2) is 36.5 Å². The Labute approximate surface area is 180 Å². The molecule has 1 amide bonds. The average Bonchev–Trinajstić information content (AvgIpc) is 2.79. The van der Waals surface area contributed by atoms with E-state index in [2.05, 4.69) is 11.2 Å². The lowest BCUT2D eigenvalue weighted by Crippen LogP contribution is -2.40. The van der Waals surface area contributed by atoms with Crippen LogP contribution in [0.2, 0.25) is 0 Å². The first-order valence-corrected chi connectivity index (χ1v) is 10.2. The first kappa shape index (κ1) is 20.7. The molecule has 7 heteroatoms. The van der Waals surface area contributed by atoms with Gasteiger partial charge in [0, 0.05) is 23.9 Å². The second-order valence-corrected chi connectivity index (χ2v) is 7.56. The minimum atomic E-state index is -0.333. The van der Waals surface area contributed by atoms with Gasteiger partial charge in [0.25, 0.3) is 5.56 Å². The quantitative estimate of drug-likeness (QED) is 0.635. The van der Waals surface area contributed by atoms with E-state index in [0.29, 0.717) is 29.3 Å². The highest BCUT2D eigenvalue weighted by molar-refractivity contribution is 5.94. The number of benzene rings is 2. The summed E-state index contributed by atoms with van der Waals surface area (Å²) in [5.41, 5.74) is 4.13. The highest BCUT2D eigenvalue weighted by atomic mass is 16.5. The number of nitrogens with zero attached hydrogens (tertiary/aromatic N) is 3. The fourth-order valence-corrected chi connectivity index (χ4v) is 3.92. The Hall–Kier alpha value is -3.61. The smallest absolute Gasteiger partial charge is 0.267 e. The normalized spacial score (nSPS) is 12.9. The van der Waals surface area contributed by atoms with Gasteiger partial charge in [-0.3, -0.25) is 9.59 Å². The molecule has 4 rings (SSSR count). The molecule has 2 heterocycles. The fraction of sp³-hybridized carbons (Fsp3) is 0.292. The molecule has 31 heavy (non-hydrogen) atoms. The molecule has 0 saturated carbocycles. The molecule has 0 bridgehead atoms. The first-order chi connectivity index (χ1) is 15.0. The number of amides is 1. The molecule has 0 unspecified atom stereocenters. The first-order valence-electron chi connectivity index (χ1n) is 10.2. The lowest BCUT2D eigenvalue weighted by atomic mass is 9.99. The van der Waals surface area contributed by atoms with Crippen LogP contribution in [0.4, 0.5) is 5.69 Å². The molecule has 1 aromatic heterocycles. The molecule has 1 aliphatic rings. The van der Waals surface area contributed by atoms with Gasteiger partial charge in [-0.1, -0.05) is 17.7 Å². The maximum Gasteiger partial charge on any atom is 0.267 e. The van der Waals surface area contributed by atoms with E-state index in [-0.39, 0.29) is 18.0 Å². The number of hydrogen-bond donors (Lipinski definition) is 0. The third-order valence-corrected chi connectivity index (χ3v) is 5.49. The van der Waals surface area contributed by atoms with Gasteiger partial charge in [0.2, 0.25) is 5.91 Å². The van der Waals surface area contributed by atoms with Crippen molar-refractivity contribution < 1.29 is 14.3 Å². The van der Waals surface area contributed by atoms with E-state index in [0.717, 1.165) is 24.1 Å². The second kappa shape index (κ2) is 8.63. The van der Waals surface area contributed by atoms with Crippen molar-refractivity contribution in [3.63, 3.8) is 0 Å². The topological polar surface area (TPSA) is 73.7 Å². The van der Waals surface area contributed by atoms with Crippen LogP contribution >= 0.6 is 0 Å². The van der Waals surface area contributed by atoms with Crippen molar-refractivity contribution in [2.45, 2.75) is 26.3 Å². The van der Waals surface area contributed by atoms with E-state index < -0.39 is 0 Å². The Morgan fingerprint density at radius 3 is 2.68 bits per heavy atom.